The molecule has 104 valence electrons. The molecular formula is C16H16O2S2. The average Bonchev–Trinajstić information content (AvgIpc) is 3.12. The minimum atomic E-state index is -0.632. The summed E-state index contributed by atoms with van der Waals surface area (Å²) < 4.78 is 12.8. The second-order valence-corrected chi connectivity index (χ2v) is 7.57. The van der Waals surface area contributed by atoms with Crippen molar-refractivity contribution in [2.24, 2.45) is 5.92 Å². The van der Waals surface area contributed by atoms with E-state index in [1.54, 1.807) is 22.7 Å². The molecule has 2 aromatic heterocycles. The van der Waals surface area contributed by atoms with Crippen molar-refractivity contribution in [1.29, 1.82) is 0 Å². The van der Waals surface area contributed by atoms with Gasteiger partial charge in [0.25, 0.3) is 0 Å². The van der Waals surface area contributed by atoms with Crippen LogP contribution in [0.2, 0.25) is 0 Å². The Morgan fingerprint density at radius 1 is 1.15 bits per heavy atom. The highest BCUT2D eigenvalue weighted by atomic mass is 32.1. The molecule has 2 saturated heterocycles. The second kappa shape index (κ2) is 4.20. The Balaban J connectivity index is 1.85. The minimum Gasteiger partial charge on any atom is -0.459 e. The summed E-state index contributed by atoms with van der Waals surface area (Å²) in [5.74, 6) is 0.664. The first-order valence-electron chi connectivity index (χ1n) is 6.81. The summed E-state index contributed by atoms with van der Waals surface area (Å²) in [6.07, 6.45) is 1.83. The number of hydrogen-bond acceptors (Lipinski definition) is 4. The fourth-order valence-corrected chi connectivity index (χ4v) is 5.09. The summed E-state index contributed by atoms with van der Waals surface area (Å²) in [7, 11) is 0. The Labute approximate surface area is 126 Å². The van der Waals surface area contributed by atoms with E-state index in [1.807, 2.05) is 0 Å². The maximum atomic E-state index is 6.54. The molecule has 2 fully saturated rings. The van der Waals surface area contributed by atoms with Crippen LogP contribution in [0.25, 0.3) is 0 Å². The van der Waals surface area contributed by atoms with E-state index in [0.29, 0.717) is 5.92 Å². The SMILES string of the molecule is C=C1OC2(c3cccs3)CC(C)CC1(c1cccs1)O2. The Kier molecular flexibility index (Phi) is 2.65. The molecule has 0 radical (unpaired) electrons. The normalized spacial score (nSPS) is 36.0. The van der Waals surface area contributed by atoms with E-state index >= 15 is 0 Å². The standard InChI is InChI=1S/C16H16O2S2/c1-11-9-15(13-5-3-7-19-13)12(2)17-16(10-11,18-15)14-6-4-8-20-14/h3-8,11H,2,9-10H2,1H3. The molecule has 20 heavy (non-hydrogen) atoms. The summed E-state index contributed by atoms with van der Waals surface area (Å²) in [5, 5.41) is 4.16. The maximum absolute atomic E-state index is 6.54. The Hall–Kier alpha value is -1.10. The van der Waals surface area contributed by atoms with Crippen molar-refractivity contribution < 1.29 is 9.47 Å². The van der Waals surface area contributed by atoms with Gasteiger partial charge in [0.1, 0.15) is 5.76 Å². The van der Waals surface area contributed by atoms with Gasteiger partial charge < -0.3 is 9.47 Å². The molecule has 2 aromatic rings. The average molecular weight is 304 g/mol. The smallest absolute Gasteiger partial charge is 0.247 e. The van der Waals surface area contributed by atoms with E-state index in [1.165, 1.54) is 4.88 Å². The molecule has 2 bridgehead atoms. The molecule has 3 unspecified atom stereocenters. The maximum Gasteiger partial charge on any atom is 0.247 e. The molecule has 2 nitrogen and oxygen atoms in total. The molecular weight excluding hydrogens is 288 g/mol. The van der Waals surface area contributed by atoms with Gasteiger partial charge >= 0.3 is 0 Å². The highest BCUT2D eigenvalue weighted by molar-refractivity contribution is 7.10. The van der Waals surface area contributed by atoms with Crippen molar-refractivity contribution >= 4 is 22.7 Å². The molecule has 4 heteroatoms. The van der Waals surface area contributed by atoms with Crippen molar-refractivity contribution in [2.45, 2.75) is 31.2 Å². The molecule has 4 heterocycles. The highest BCUT2D eigenvalue weighted by Gasteiger charge is 2.61. The van der Waals surface area contributed by atoms with Crippen LogP contribution in [-0.4, -0.2) is 0 Å². The Morgan fingerprint density at radius 3 is 2.50 bits per heavy atom. The van der Waals surface area contributed by atoms with Crippen LogP contribution in [0, 0.1) is 5.92 Å². The lowest BCUT2D eigenvalue weighted by Crippen LogP contribution is -2.40. The minimum absolute atomic E-state index is 0.462. The number of ether oxygens (including phenoxy) is 2. The van der Waals surface area contributed by atoms with Crippen LogP contribution in [-0.2, 0) is 20.9 Å². The van der Waals surface area contributed by atoms with Crippen LogP contribution < -0.4 is 0 Å². The Bertz CT molecular complexity index is 632. The lowest BCUT2D eigenvalue weighted by Gasteiger charge is -2.38. The molecule has 2 aliphatic heterocycles. The lowest BCUT2D eigenvalue weighted by atomic mass is 9.83. The number of fused-ring (bicyclic) bond motifs is 2. The molecule has 0 N–H and O–H groups in total. The van der Waals surface area contributed by atoms with Gasteiger partial charge in [-0.05, 0) is 35.2 Å². The van der Waals surface area contributed by atoms with Crippen molar-refractivity contribution in [3.05, 3.63) is 57.1 Å². The van der Waals surface area contributed by atoms with E-state index < -0.39 is 11.4 Å². The van der Waals surface area contributed by atoms with Crippen molar-refractivity contribution in [3.8, 4) is 0 Å². The summed E-state index contributed by atoms with van der Waals surface area (Å²) in [6, 6.07) is 8.34. The third kappa shape index (κ3) is 1.59. The zero-order chi connectivity index (χ0) is 13.8. The number of hydrogen-bond donors (Lipinski definition) is 0. The van der Waals surface area contributed by atoms with Gasteiger partial charge in [0.15, 0.2) is 5.60 Å². The first-order valence-corrected chi connectivity index (χ1v) is 8.57. The van der Waals surface area contributed by atoms with Gasteiger partial charge in [-0.2, -0.15) is 0 Å². The van der Waals surface area contributed by atoms with Gasteiger partial charge in [-0.25, -0.2) is 0 Å². The van der Waals surface area contributed by atoms with Crippen LogP contribution in [0.3, 0.4) is 0 Å². The largest absolute Gasteiger partial charge is 0.459 e. The van der Waals surface area contributed by atoms with Crippen LogP contribution in [0.15, 0.2) is 47.4 Å². The van der Waals surface area contributed by atoms with Gasteiger partial charge in [0.05, 0.1) is 4.88 Å². The zero-order valence-corrected chi connectivity index (χ0v) is 12.9. The first-order chi connectivity index (χ1) is 9.65. The van der Waals surface area contributed by atoms with Gasteiger partial charge in [0.2, 0.25) is 5.79 Å². The Morgan fingerprint density at radius 2 is 1.85 bits per heavy atom. The molecule has 2 aliphatic rings. The summed E-state index contributed by atoms with van der Waals surface area (Å²) in [4.78, 5) is 2.34. The lowest BCUT2D eigenvalue weighted by molar-refractivity contribution is -0.231. The first kappa shape index (κ1) is 12.6. The summed E-state index contributed by atoms with van der Waals surface area (Å²) >= 11 is 3.41. The van der Waals surface area contributed by atoms with Crippen LogP contribution in [0.4, 0.5) is 0 Å². The second-order valence-electron chi connectivity index (χ2n) is 5.68. The summed E-state index contributed by atoms with van der Waals surface area (Å²) in [6.45, 7) is 6.45. The van der Waals surface area contributed by atoms with Gasteiger partial charge in [0, 0.05) is 11.3 Å². The van der Waals surface area contributed by atoms with Crippen LogP contribution >= 0.6 is 22.7 Å². The number of rotatable bonds is 2. The van der Waals surface area contributed by atoms with Crippen LogP contribution in [0.5, 0.6) is 0 Å². The summed E-state index contributed by atoms with van der Waals surface area (Å²) in [5.41, 5.74) is -0.462. The van der Waals surface area contributed by atoms with Crippen molar-refractivity contribution in [2.75, 3.05) is 0 Å². The van der Waals surface area contributed by atoms with E-state index in [-0.39, 0.29) is 0 Å². The number of thiophene rings is 2. The van der Waals surface area contributed by atoms with Gasteiger partial charge in [-0.15, -0.1) is 22.7 Å². The fourth-order valence-electron chi connectivity index (χ4n) is 3.39. The molecule has 0 aliphatic carbocycles. The highest BCUT2D eigenvalue weighted by Crippen LogP contribution is 2.60. The van der Waals surface area contributed by atoms with Crippen molar-refractivity contribution in [3.63, 3.8) is 0 Å². The zero-order valence-electron chi connectivity index (χ0n) is 11.3. The molecule has 4 rings (SSSR count). The van der Waals surface area contributed by atoms with E-state index in [9.17, 15) is 0 Å². The third-order valence-corrected chi connectivity index (χ3v) is 6.15. The van der Waals surface area contributed by atoms with Crippen LogP contribution in [0.1, 0.15) is 29.5 Å². The van der Waals surface area contributed by atoms with Gasteiger partial charge in [-0.3, -0.25) is 0 Å². The molecule has 0 aromatic carbocycles. The van der Waals surface area contributed by atoms with E-state index in [4.69, 9.17) is 9.47 Å². The van der Waals surface area contributed by atoms with Crippen molar-refractivity contribution in [1.82, 2.24) is 0 Å². The third-order valence-electron chi connectivity index (χ3n) is 4.15. The topological polar surface area (TPSA) is 18.5 Å². The molecule has 3 atom stereocenters. The quantitative estimate of drug-likeness (QED) is 0.789. The molecule has 0 spiro atoms. The molecule has 0 saturated carbocycles. The van der Waals surface area contributed by atoms with Gasteiger partial charge in [-0.1, -0.05) is 25.6 Å². The van der Waals surface area contributed by atoms with E-state index in [2.05, 4.69) is 48.5 Å². The predicted molar refractivity (Wildman–Crippen MR) is 81.7 cm³/mol. The van der Waals surface area contributed by atoms with E-state index in [0.717, 1.165) is 23.5 Å². The fraction of sp³-hybridized carbons (Fsp3) is 0.375. The monoisotopic (exact) mass is 304 g/mol. The predicted octanol–water partition coefficient (Wildman–Crippen LogP) is 4.85. The molecule has 0 amide bonds.